The van der Waals surface area contributed by atoms with Gasteiger partial charge in [-0.15, -0.1) is 0 Å². The van der Waals surface area contributed by atoms with Crippen molar-refractivity contribution in [3.05, 3.63) is 78.1 Å². The molecule has 0 unspecified atom stereocenters. The summed E-state index contributed by atoms with van der Waals surface area (Å²) in [5, 5.41) is 0. The molecule has 0 amide bonds. The predicted octanol–water partition coefficient (Wildman–Crippen LogP) is 3.81. The molecule has 1 aromatic heterocycles. The minimum atomic E-state index is 0.0660. The van der Waals surface area contributed by atoms with Gasteiger partial charge in [0.25, 0.3) is 0 Å². The standard InChI is InChI=1S/C17H11NO2/c19-17-14-9-8-13(20-12-5-2-1-3-6-12)11-16(14)18-10-4-7-15(17)18/h1-11H. The number of hydrogen-bond donors (Lipinski definition) is 0. The average Bonchev–Trinajstić information content (AvgIpc) is 3.05. The Morgan fingerprint density at radius 3 is 2.55 bits per heavy atom. The zero-order valence-electron chi connectivity index (χ0n) is 10.6. The maximum absolute atomic E-state index is 12.2. The number of ketones is 1. The van der Waals surface area contributed by atoms with Gasteiger partial charge in [-0.05, 0) is 36.4 Å². The first-order valence-electron chi connectivity index (χ1n) is 6.42. The lowest BCUT2D eigenvalue weighted by atomic mass is 10.1. The van der Waals surface area contributed by atoms with Gasteiger partial charge in [-0.3, -0.25) is 4.79 Å². The van der Waals surface area contributed by atoms with E-state index in [0.29, 0.717) is 5.69 Å². The highest BCUT2D eigenvalue weighted by Gasteiger charge is 2.26. The molecule has 1 aliphatic heterocycles. The molecule has 0 N–H and O–H groups in total. The van der Waals surface area contributed by atoms with Crippen LogP contribution in [0.4, 0.5) is 0 Å². The maximum Gasteiger partial charge on any atom is 0.211 e. The Morgan fingerprint density at radius 1 is 0.850 bits per heavy atom. The summed E-state index contributed by atoms with van der Waals surface area (Å²) in [5.41, 5.74) is 2.31. The molecule has 4 rings (SSSR count). The molecule has 0 radical (unpaired) electrons. The molecular formula is C17H11NO2. The third-order valence-corrected chi connectivity index (χ3v) is 3.43. The van der Waals surface area contributed by atoms with Crippen LogP contribution in [0, 0.1) is 0 Å². The number of para-hydroxylation sites is 1. The molecule has 20 heavy (non-hydrogen) atoms. The second-order valence-electron chi connectivity index (χ2n) is 4.69. The van der Waals surface area contributed by atoms with Gasteiger partial charge in [0.15, 0.2) is 0 Å². The molecular weight excluding hydrogens is 250 g/mol. The molecule has 2 aromatic carbocycles. The number of hydrogen-bond acceptors (Lipinski definition) is 2. The van der Waals surface area contributed by atoms with Crippen LogP contribution in [-0.4, -0.2) is 10.4 Å². The summed E-state index contributed by atoms with van der Waals surface area (Å²) in [6.45, 7) is 0. The quantitative estimate of drug-likeness (QED) is 0.549. The number of fused-ring (bicyclic) bond motifs is 3. The number of benzene rings is 2. The Kier molecular flexibility index (Phi) is 2.27. The number of rotatable bonds is 2. The van der Waals surface area contributed by atoms with Crippen LogP contribution in [0.5, 0.6) is 11.5 Å². The van der Waals surface area contributed by atoms with Crippen LogP contribution >= 0.6 is 0 Å². The molecule has 96 valence electrons. The molecule has 0 bridgehead atoms. The lowest BCUT2D eigenvalue weighted by Gasteiger charge is -2.08. The van der Waals surface area contributed by atoms with Crippen molar-refractivity contribution in [3.8, 4) is 17.2 Å². The third-order valence-electron chi connectivity index (χ3n) is 3.43. The maximum atomic E-state index is 12.2. The minimum absolute atomic E-state index is 0.0660. The van der Waals surface area contributed by atoms with E-state index in [1.54, 1.807) is 0 Å². The van der Waals surface area contributed by atoms with E-state index in [2.05, 4.69) is 0 Å². The molecule has 0 atom stereocenters. The largest absolute Gasteiger partial charge is 0.457 e. The average molecular weight is 261 g/mol. The number of carbonyl (C=O) groups excluding carboxylic acids is 1. The molecule has 0 saturated heterocycles. The monoisotopic (exact) mass is 261 g/mol. The van der Waals surface area contributed by atoms with Crippen molar-refractivity contribution in [2.75, 3.05) is 0 Å². The van der Waals surface area contributed by atoms with Crippen LogP contribution in [0.15, 0.2) is 66.9 Å². The molecule has 0 saturated carbocycles. The van der Waals surface area contributed by atoms with Crippen molar-refractivity contribution in [1.29, 1.82) is 0 Å². The van der Waals surface area contributed by atoms with E-state index in [0.717, 1.165) is 22.7 Å². The summed E-state index contributed by atoms with van der Waals surface area (Å²) < 4.78 is 7.70. The van der Waals surface area contributed by atoms with Gasteiger partial charge in [-0.1, -0.05) is 18.2 Å². The zero-order valence-corrected chi connectivity index (χ0v) is 10.6. The highest BCUT2D eigenvalue weighted by Crippen LogP contribution is 2.32. The van der Waals surface area contributed by atoms with Gasteiger partial charge in [0, 0.05) is 17.8 Å². The molecule has 2 heterocycles. The summed E-state index contributed by atoms with van der Waals surface area (Å²) in [5.74, 6) is 1.57. The number of nitrogens with zero attached hydrogens (tertiary/aromatic N) is 1. The van der Waals surface area contributed by atoms with E-state index in [1.165, 1.54) is 0 Å². The van der Waals surface area contributed by atoms with E-state index in [9.17, 15) is 4.79 Å². The highest BCUT2D eigenvalue weighted by atomic mass is 16.5. The summed E-state index contributed by atoms with van der Waals surface area (Å²) in [6.07, 6.45) is 1.89. The summed E-state index contributed by atoms with van der Waals surface area (Å²) >= 11 is 0. The predicted molar refractivity (Wildman–Crippen MR) is 75.7 cm³/mol. The molecule has 3 nitrogen and oxygen atoms in total. The van der Waals surface area contributed by atoms with Gasteiger partial charge in [-0.25, -0.2) is 0 Å². The topological polar surface area (TPSA) is 31.2 Å². The van der Waals surface area contributed by atoms with Gasteiger partial charge in [0.05, 0.1) is 11.4 Å². The van der Waals surface area contributed by atoms with Crippen LogP contribution in [0.25, 0.3) is 5.69 Å². The van der Waals surface area contributed by atoms with Gasteiger partial charge in [0.1, 0.15) is 11.5 Å². The fourth-order valence-corrected chi connectivity index (χ4v) is 2.50. The minimum Gasteiger partial charge on any atom is -0.457 e. The van der Waals surface area contributed by atoms with Gasteiger partial charge in [0.2, 0.25) is 5.78 Å². The Hall–Kier alpha value is -2.81. The third kappa shape index (κ3) is 1.57. The lowest BCUT2D eigenvalue weighted by molar-refractivity contribution is 0.104. The fraction of sp³-hybridized carbons (Fsp3) is 0. The number of ether oxygens (including phenoxy) is 1. The van der Waals surface area contributed by atoms with Crippen molar-refractivity contribution in [1.82, 2.24) is 4.57 Å². The molecule has 0 spiro atoms. The van der Waals surface area contributed by atoms with Gasteiger partial charge >= 0.3 is 0 Å². The Bertz CT molecular complexity index is 803. The van der Waals surface area contributed by atoms with Crippen LogP contribution < -0.4 is 4.74 Å². The second kappa shape index (κ2) is 4.10. The van der Waals surface area contributed by atoms with E-state index < -0.39 is 0 Å². The van der Waals surface area contributed by atoms with Crippen LogP contribution in [0.2, 0.25) is 0 Å². The zero-order chi connectivity index (χ0) is 13.5. The first-order chi connectivity index (χ1) is 9.83. The Labute approximate surface area is 116 Å². The van der Waals surface area contributed by atoms with E-state index >= 15 is 0 Å². The second-order valence-corrected chi connectivity index (χ2v) is 4.69. The molecule has 1 aliphatic rings. The van der Waals surface area contributed by atoms with Crippen molar-refractivity contribution in [2.45, 2.75) is 0 Å². The Morgan fingerprint density at radius 2 is 1.70 bits per heavy atom. The Balaban J connectivity index is 1.77. The van der Waals surface area contributed by atoms with E-state index in [4.69, 9.17) is 4.74 Å². The van der Waals surface area contributed by atoms with Crippen LogP contribution in [0.1, 0.15) is 16.1 Å². The van der Waals surface area contributed by atoms with Crippen molar-refractivity contribution in [2.24, 2.45) is 0 Å². The van der Waals surface area contributed by atoms with Crippen molar-refractivity contribution < 1.29 is 9.53 Å². The smallest absolute Gasteiger partial charge is 0.211 e. The SMILES string of the molecule is O=C1c2ccc(Oc3ccccc3)cc2-n2cccc21. The molecule has 3 heteroatoms. The molecule has 0 aliphatic carbocycles. The molecule has 3 aromatic rings. The number of aromatic nitrogens is 1. The summed E-state index contributed by atoms with van der Waals surface area (Å²) in [6, 6.07) is 18.9. The number of carbonyl (C=O) groups is 1. The fourth-order valence-electron chi connectivity index (χ4n) is 2.50. The first kappa shape index (κ1) is 11.1. The van der Waals surface area contributed by atoms with Crippen LogP contribution in [-0.2, 0) is 0 Å². The van der Waals surface area contributed by atoms with Crippen molar-refractivity contribution >= 4 is 5.78 Å². The van der Waals surface area contributed by atoms with E-state index in [-0.39, 0.29) is 5.78 Å². The normalized spacial score (nSPS) is 12.1. The lowest BCUT2D eigenvalue weighted by Crippen LogP contribution is -1.94. The van der Waals surface area contributed by atoms with Crippen LogP contribution in [0.3, 0.4) is 0 Å². The highest BCUT2D eigenvalue weighted by molar-refractivity contribution is 6.14. The van der Waals surface area contributed by atoms with Gasteiger partial charge < -0.3 is 9.30 Å². The molecule has 0 fully saturated rings. The van der Waals surface area contributed by atoms with Gasteiger partial charge in [-0.2, -0.15) is 0 Å². The summed E-state index contributed by atoms with van der Waals surface area (Å²) in [4.78, 5) is 12.2. The summed E-state index contributed by atoms with van der Waals surface area (Å²) in [7, 11) is 0. The van der Waals surface area contributed by atoms with E-state index in [1.807, 2.05) is 71.4 Å². The first-order valence-corrected chi connectivity index (χ1v) is 6.42. The van der Waals surface area contributed by atoms with Crippen molar-refractivity contribution in [3.63, 3.8) is 0 Å².